The molecule has 0 amide bonds. The monoisotopic (exact) mass is 352 g/mol. The highest BCUT2D eigenvalue weighted by Gasteiger charge is 2.26. The number of rotatable bonds is 4. The molecule has 2 fully saturated rings. The standard InChI is InChI=1S/C17H28N4O2S/c1-15(2)19-10-12-20(13-11-19)17-7-6-16(14-18-17)24(22,23)21-8-4-3-5-9-21/h6-7,14-15H,3-5,8-13H2,1-2H3. The third kappa shape index (κ3) is 3.73. The van der Waals surface area contributed by atoms with Gasteiger partial charge in [-0.25, -0.2) is 13.4 Å². The van der Waals surface area contributed by atoms with Gasteiger partial charge in [0.1, 0.15) is 10.7 Å². The Morgan fingerprint density at radius 3 is 2.17 bits per heavy atom. The summed E-state index contributed by atoms with van der Waals surface area (Å²) in [6, 6.07) is 4.13. The maximum atomic E-state index is 12.7. The summed E-state index contributed by atoms with van der Waals surface area (Å²) in [4.78, 5) is 9.43. The average molecular weight is 353 g/mol. The van der Waals surface area contributed by atoms with Gasteiger partial charge in [-0.1, -0.05) is 6.42 Å². The molecule has 0 aromatic carbocycles. The largest absolute Gasteiger partial charge is 0.354 e. The van der Waals surface area contributed by atoms with E-state index < -0.39 is 10.0 Å². The lowest BCUT2D eigenvalue weighted by molar-refractivity contribution is 0.209. The minimum atomic E-state index is -3.39. The number of hydrogen-bond acceptors (Lipinski definition) is 5. The van der Waals surface area contributed by atoms with Crippen molar-refractivity contribution in [2.75, 3.05) is 44.2 Å². The summed E-state index contributed by atoms with van der Waals surface area (Å²) in [6.07, 6.45) is 4.54. The van der Waals surface area contributed by atoms with E-state index in [1.54, 1.807) is 10.4 Å². The van der Waals surface area contributed by atoms with Crippen LogP contribution in [0.1, 0.15) is 33.1 Å². The molecule has 0 aliphatic carbocycles. The molecule has 7 heteroatoms. The van der Waals surface area contributed by atoms with Crippen LogP contribution in [0.5, 0.6) is 0 Å². The number of hydrogen-bond donors (Lipinski definition) is 0. The molecule has 2 aliphatic heterocycles. The van der Waals surface area contributed by atoms with Crippen molar-refractivity contribution in [3.05, 3.63) is 18.3 Å². The van der Waals surface area contributed by atoms with E-state index in [-0.39, 0.29) is 0 Å². The molecule has 3 heterocycles. The van der Waals surface area contributed by atoms with Gasteiger partial charge in [-0.05, 0) is 38.8 Å². The van der Waals surface area contributed by atoms with Crippen molar-refractivity contribution in [1.82, 2.24) is 14.2 Å². The first-order valence-electron chi connectivity index (χ1n) is 8.94. The molecule has 0 N–H and O–H groups in total. The molecule has 0 unspecified atom stereocenters. The van der Waals surface area contributed by atoms with Crippen molar-refractivity contribution in [2.24, 2.45) is 0 Å². The van der Waals surface area contributed by atoms with Gasteiger partial charge in [0, 0.05) is 51.5 Å². The van der Waals surface area contributed by atoms with Crippen molar-refractivity contribution in [2.45, 2.75) is 44.0 Å². The predicted molar refractivity (Wildman–Crippen MR) is 95.8 cm³/mol. The molecule has 2 aliphatic rings. The SMILES string of the molecule is CC(C)N1CCN(c2ccc(S(=O)(=O)N3CCCCC3)cn2)CC1. The Bertz CT molecular complexity index is 631. The molecule has 24 heavy (non-hydrogen) atoms. The minimum Gasteiger partial charge on any atom is -0.354 e. The van der Waals surface area contributed by atoms with Crippen LogP contribution in [-0.4, -0.2) is 67.9 Å². The zero-order valence-electron chi connectivity index (χ0n) is 14.7. The summed E-state index contributed by atoms with van der Waals surface area (Å²) < 4.78 is 26.9. The first kappa shape index (κ1) is 17.6. The van der Waals surface area contributed by atoms with Gasteiger partial charge in [0.15, 0.2) is 0 Å². The van der Waals surface area contributed by atoms with Crippen LogP contribution < -0.4 is 4.90 Å². The van der Waals surface area contributed by atoms with E-state index in [0.29, 0.717) is 24.0 Å². The number of pyridine rings is 1. The van der Waals surface area contributed by atoms with E-state index in [0.717, 1.165) is 51.3 Å². The molecular formula is C17H28N4O2S. The second kappa shape index (κ2) is 7.37. The van der Waals surface area contributed by atoms with Gasteiger partial charge < -0.3 is 4.90 Å². The van der Waals surface area contributed by atoms with Gasteiger partial charge in [0.05, 0.1) is 0 Å². The summed E-state index contributed by atoms with van der Waals surface area (Å²) in [7, 11) is -3.39. The first-order chi connectivity index (χ1) is 11.5. The smallest absolute Gasteiger partial charge is 0.244 e. The zero-order valence-corrected chi connectivity index (χ0v) is 15.5. The lowest BCUT2D eigenvalue weighted by atomic mass is 10.2. The topological polar surface area (TPSA) is 56.8 Å². The number of sulfonamides is 1. The van der Waals surface area contributed by atoms with Crippen LogP contribution in [0.4, 0.5) is 5.82 Å². The molecule has 1 aromatic heterocycles. The van der Waals surface area contributed by atoms with E-state index in [1.807, 2.05) is 6.07 Å². The van der Waals surface area contributed by atoms with Gasteiger partial charge in [0.2, 0.25) is 10.0 Å². The molecule has 6 nitrogen and oxygen atoms in total. The lowest BCUT2D eigenvalue weighted by Gasteiger charge is -2.37. The van der Waals surface area contributed by atoms with Gasteiger partial charge in [-0.2, -0.15) is 4.31 Å². The normalized spacial score (nSPS) is 21.4. The highest BCUT2D eigenvalue weighted by atomic mass is 32.2. The predicted octanol–water partition coefficient (Wildman–Crippen LogP) is 1.79. The molecule has 0 saturated carbocycles. The van der Waals surface area contributed by atoms with Crippen molar-refractivity contribution >= 4 is 15.8 Å². The van der Waals surface area contributed by atoms with Crippen LogP contribution >= 0.6 is 0 Å². The fourth-order valence-corrected chi connectivity index (χ4v) is 4.90. The van der Waals surface area contributed by atoms with Crippen molar-refractivity contribution in [3.63, 3.8) is 0 Å². The Kier molecular flexibility index (Phi) is 5.42. The van der Waals surface area contributed by atoms with Crippen LogP contribution in [0, 0.1) is 0 Å². The molecule has 134 valence electrons. The van der Waals surface area contributed by atoms with Gasteiger partial charge >= 0.3 is 0 Å². The Morgan fingerprint density at radius 1 is 0.958 bits per heavy atom. The zero-order chi connectivity index (χ0) is 17.2. The maximum Gasteiger partial charge on any atom is 0.244 e. The molecule has 0 radical (unpaired) electrons. The van der Waals surface area contributed by atoms with Gasteiger partial charge in [0.25, 0.3) is 0 Å². The fraction of sp³-hybridized carbons (Fsp3) is 0.706. The second-order valence-electron chi connectivity index (χ2n) is 6.93. The summed E-state index contributed by atoms with van der Waals surface area (Å²) in [5, 5.41) is 0. The van der Waals surface area contributed by atoms with Crippen LogP contribution in [0.25, 0.3) is 0 Å². The minimum absolute atomic E-state index is 0.314. The van der Waals surface area contributed by atoms with Crippen molar-refractivity contribution in [1.29, 1.82) is 0 Å². The second-order valence-corrected chi connectivity index (χ2v) is 8.87. The Labute approximate surface area is 145 Å². The summed E-state index contributed by atoms with van der Waals surface area (Å²) in [5.41, 5.74) is 0. The number of piperazine rings is 1. The summed E-state index contributed by atoms with van der Waals surface area (Å²) in [6.45, 7) is 9.60. The number of anilines is 1. The average Bonchev–Trinajstić information content (AvgIpc) is 2.62. The third-order valence-electron chi connectivity index (χ3n) is 5.04. The summed E-state index contributed by atoms with van der Waals surface area (Å²) >= 11 is 0. The Hall–Kier alpha value is -1.18. The summed E-state index contributed by atoms with van der Waals surface area (Å²) in [5.74, 6) is 0.871. The van der Waals surface area contributed by atoms with E-state index in [2.05, 4.69) is 28.6 Å². The number of aromatic nitrogens is 1. The van der Waals surface area contributed by atoms with E-state index in [1.165, 1.54) is 6.20 Å². The van der Waals surface area contributed by atoms with E-state index in [9.17, 15) is 8.42 Å². The molecular weight excluding hydrogens is 324 g/mol. The van der Waals surface area contributed by atoms with Gasteiger partial charge in [-0.3, -0.25) is 4.90 Å². The molecule has 3 rings (SSSR count). The van der Waals surface area contributed by atoms with E-state index in [4.69, 9.17) is 0 Å². The highest BCUT2D eigenvalue weighted by Crippen LogP contribution is 2.22. The maximum absolute atomic E-state index is 12.7. The van der Waals surface area contributed by atoms with Crippen LogP contribution in [0.15, 0.2) is 23.2 Å². The quantitative estimate of drug-likeness (QED) is 0.827. The molecule has 2 saturated heterocycles. The molecule has 0 spiro atoms. The molecule has 0 bridgehead atoms. The highest BCUT2D eigenvalue weighted by molar-refractivity contribution is 7.89. The lowest BCUT2D eigenvalue weighted by Crippen LogP contribution is -2.49. The molecule has 0 atom stereocenters. The third-order valence-corrected chi connectivity index (χ3v) is 6.92. The van der Waals surface area contributed by atoms with Crippen LogP contribution in [-0.2, 0) is 10.0 Å². The van der Waals surface area contributed by atoms with Crippen molar-refractivity contribution in [3.8, 4) is 0 Å². The number of nitrogens with zero attached hydrogens (tertiary/aromatic N) is 4. The van der Waals surface area contributed by atoms with E-state index >= 15 is 0 Å². The Balaban J connectivity index is 1.67. The fourth-order valence-electron chi connectivity index (χ4n) is 3.43. The first-order valence-corrected chi connectivity index (χ1v) is 10.4. The van der Waals surface area contributed by atoms with Gasteiger partial charge in [-0.15, -0.1) is 0 Å². The molecule has 1 aromatic rings. The van der Waals surface area contributed by atoms with Crippen molar-refractivity contribution < 1.29 is 8.42 Å². The van der Waals surface area contributed by atoms with Crippen LogP contribution in [0.2, 0.25) is 0 Å². The number of piperidine rings is 1. The van der Waals surface area contributed by atoms with Crippen LogP contribution in [0.3, 0.4) is 0 Å². The Morgan fingerprint density at radius 2 is 1.62 bits per heavy atom.